The van der Waals surface area contributed by atoms with E-state index >= 15 is 0 Å². The number of amides is 1. The van der Waals surface area contributed by atoms with Crippen molar-refractivity contribution in [3.05, 3.63) is 54.1 Å². The topological polar surface area (TPSA) is 65.4 Å². The van der Waals surface area contributed by atoms with Gasteiger partial charge in [0.05, 0.1) is 24.8 Å². The van der Waals surface area contributed by atoms with E-state index in [0.717, 1.165) is 22.3 Å². The molecular formula is C22H27N3O3. The number of nitrogens with one attached hydrogen (secondary N) is 1. The summed E-state index contributed by atoms with van der Waals surface area (Å²) in [6.07, 6.45) is -0.626. The number of hydrogen-bond donors (Lipinski definition) is 1. The zero-order valence-corrected chi connectivity index (χ0v) is 17.0. The van der Waals surface area contributed by atoms with Gasteiger partial charge in [0.25, 0.3) is 5.91 Å². The summed E-state index contributed by atoms with van der Waals surface area (Å²) in [7, 11) is 1.62. The smallest absolute Gasteiger partial charge is 0.255 e. The SMILES string of the molecule is COc1cccc(COC(C)C(=O)Nc2nc3ccccc3n2C(C)(C)C)c1. The van der Waals surface area contributed by atoms with Gasteiger partial charge in [0.15, 0.2) is 0 Å². The van der Waals surface area contributed by atoms with E-state index in [0.29, 0.717) is 12.6 Å². The number of nitrogens with zero attached hydrogens (tertiary/aromatic N) is 2. The van der Waals surface area contributed by atoms with Crippen LogP contribution in [-0.2, 0) is 21.7 Å². The molecule has 6 heteroatoms. The predicted molar refractivity (Wildman–Crippen MR) is 111 cm³/mol. The molecule has 1 N–H and O–H groups in total. The maximum atomic E-state index is 12.7. The molecule has 6 nitrogen and oxygen atoms in total. The van der Waals surface area contributed by atoms with Crippen LogP contribution in [-0.4, -0.2) is 28.7 Å². The minimum absolute atomic E-state index is 0.233. The van der Waals surface area contributed by atoms with Crippen molar-refractivity contribution in [3.8, 4) is 5.75 Å². The molecule has 0 aliphatic carbocycles. The van der Waals surface area contributed by atoms with Crippen molar-refractivity contribution < 1.29 is 14.3 Å². The Morgan fingerprint density at radius 3 is 2.64 bits per heavy atom. The molecule has 0 bridgehead atoms. The average molecular weight is 381 g/mol. The second-order valence-electron chi connectivity index (χ2n) is 7.72. The Morgan fingerprint density at radius 1 is 1.18 bits per heavy atom. The van der Waals surface area contributed by atoms with Crippen LogP contribution in [0.25, 0.3) is 11.0 Å². The molecule has 3 aromatic rings. The first kappa shape index (κ1) is 19.9. The third-order valence-corrected chi connectivity index (χ3v) is 4.47. The van der Waals surface area contributed by atoms with Crippen LogP contribution < -0.4 is 10.1 Å². The molecule has 1 aromatic heterocycles. The van der Waals surface area contributed by atoms with E-state index in [2.05, 4.69) is 31.1 Å². The first-order valence-corrected chi connectivity index (χ1v) is 9.33. The number of carbonyl (C=O) groups is 1. The quantitative estimate of drug-likeness (QED) is 0.690. The molecule has 0 radical (unpaired) electrons. The fourth-order valence-corrected chi connectivity index (χ4v) is 3.06. The number of ether oxygens (including phenoxy) is 2. The average Bonchev–Trinajstić information content (AvgIpc) is 3.04. The fraction of sp³-hybridized carbons (Fsp3) is 0.364. The Hall–Kier alpha value is -2.86. The van der Waals surface area contributed by atoms with Crippen molar-refractivity contribution in [2.24, 2.45) is 0 Å². The number of carbonyl (C=O) groups excluding carboxylic acids is 1. The van der Waals surface area contributed by atoms with Gasteiger partial charge in [-0.3, -0.25) is 10.1 Å². The van der Waals surface area contributed by atoms with Gasteiger partial charge in [0, 0.05) is 5.54 Å². The normalized spacial score (nSPS) is 12.8. The van der Waals surface area contributed by atoms with E-state index in [4.69, 9.17) is 9.47 Å². The molecule has 0 spiro atoms. The van der Waals surface area contributed by atoms with Gasteiger partial charge in [-0.1, -0.05) is 24.3 Å². The molecule has 1 heterocycles. The Kier molecular flexibility index (Phi) is 5.70. The zero-order chi connectivity index (χ0) is 20.3. The number of anilines is 1. The lowest BCUT2D eigenvalue weighted by atomic mass is 10.1. The van der Waals surface area contributed by atoms with Crippen molar-refractivity contribution in [1.82, 2.24) is 9.55 Å². The van der Waals surface area contributed by atoms with Crippen LogP contribution in [0, 0.1) is 0 Å². The maximum Gasteiger partial charge on any atom is 0.255 e. The summed E-state index contributed by atoms with van der Waals surface area (Å²) >= 11 is 0. The van der Waals surface area contributed by atoms with Gasteiger partial charge in [-0.2, -0.15) is 0 Å². The second-order valence-corrected chi connectivity index (χ2v) is 7.72. The van der Waals surface area contributed by atoms with Crippen LogP contribution in [0.5, 0.6) is 5.75 Å². The Balaban J connectivity index is 1.73. The first-order chi connectivity index (χ1) is 13.3. The molecule has 0 aliphatic rings. The highest BCUT2D eigenvalue weighted by atomic mass is 16.5. The van der Waals surface area contributed by atoms with Crippen molar-refractivity contribution >= 4 is 22.9 Å². The van der Waals surface area contributed by atoms with Crippen molar-refractivity contribution in [2.75, 3.05) is 12.4 Å². The summed E-state index contributed by atoms with van der Waals surface area (Å²) in [5, 5.41) is 2.93. The lowest BCUT2D eigenvalue weighted by Crippen LogP contribution is -2.31. The van der Waals surface area contributed by atoms with Gasteiger partial charge < -0.3 is 14.0 Å². The third-order valence-electron chi connectivity index (χ3n) is 4.47. The van der Waals surface area contributed by atoms with Crippen molar-refractivity contribution in [1.29, 1.82) is 0 Å². The minimum atomic E-state index is -0.626. The van der Waals surface area contributed by atoms with Crippen LogP contribution in [0.3, 0.4) is 0 Å². The van der Waals surface area contributed by atoms with E-state index < -0.39 is 6.10 Å². The van der Waals surface area contributed by atoms with Gasteiger partial charge in [-0.15, -0.1) is 0 Å². The van der Waals surface area contributed by atoms with Crippen LogP contribution in [0.4, 0.5) is 5.95 Å². The lowest BCUT2D eigenvalue weighted by Gasteiger charge is -2.25. The van der Waals surface area contributed by atoms with E-state index in [9.17, 15) is 4.79 Å². The first-order valence-electron chi connectivity index (χ1n) is 9.33. The number of rotatable bonds is 6. The number of hydrogen-bond acceptors (Lipinski definition) is 4. The standard InChI is InChI=1S/C22H27N3O3/c1-15(28-14-16-9-8-10-17(13-16)27-5)20(26)24-21-23-18-11-6-7-12-19(18)25(21)22(2,3)4/h6-13,15H,14H2,1-5H3,(H,23,24,26). The van der Waals surface area contributed by atoms with Gasteiger partial charge >= 0.3 is 0 Å². The Labute approximate surface area is 165 Å². The highest BCUT2D eigenvalue weighted by Gasteiger charge is 2.24. The zero-order valence-electron chi connectivity index (χ0n) is 17.0. The molecule has 0 saturated heterocycles. The van der Waals surface area contributed by atoms with Crippen LogP contribution in [0.2, 0.25) is 0 Å². The minimum Gasteiger partial charge on any atom is -0.497 e. The van der Waals surface area contributed by atoms with Crippen molar-refractivity contribution in [2.45, 2.75) is 45.9 Å². The second kappa shape index (κ2) is 8.02. The summed E-state index contributed by atoms with van der Waals surface area (Å²) in [5.41, 5.74) is 2.54. The van der Waals surface area contributed by atoms with Crippen LogP contribution in [0.1, 0.15) is 33.3 Å². The maximum absolute atomic E-state index is 12.7. The molecule has 28 heavy (non-hydrogen) atoms. The highest BCUT2D eigenvalue weighted by molar-refractivity contribution is 5.94. The number of aromatic nitrogens is 2. The molecule has 148 valence electrons. The van der Waals surface area contributed by atoms with Crippen LogP contribution >= 0.6 is 0 Å². The summed E-state index contributed by atoms with van der Waals surface area (Å²) < 4.78 is 13.0. The van der Waals surface area contributed by atoms with Gasteiger partial charge in [-0.05, 0) is 57.5 Å². The number of benzene rings is 2. The molecule has 1 unspecified atom stereocenters. The summed E-state index contributed by atoms with van der Waals surface area (Å²) in [5.74, 6) is 1.05. The summed E-state index contributed by atoms with van der Waals surface area (Å²) in [6, 6.07) is 15.5. The number of imidazole rings is 1. The Bertz CT molecular complexity index is 973. The molecule has 0 saturated carbocycles. The fourth-order valence-electron chi connectivity index (χ4n) is 3.06. The van der Waals surface area contributed by atoms with E-state index in [1.165, 1.54) is 0 Å². The summed E-state index contributed by atoms with van der Waals surface area (Å²) in [6.45, 7) is 8.31. The Morgan fingerprint density at radius 2 is 1.93 bits per heavy atom. The largest absolute Gasteiger partial charge is 0.497 e. The molecule has 2 aromatic carbocycles. The third kappa shape index (κ3) is 4.34. The highest BCUT2D eigenvalue weighted by Crippen LogP contribution is 2.28. The molecule has 3 rings (SSSR count). The van der Waals surface area contributed by atoms with Gasteiger partial charge in [0.1, 0.15) is 11.9 Å². The molecular weight excluding hydrogens is 354 g/mol. The number of fused-ring (bicyclic) bond motifs is 1. The monoisotopic (exact) mass is 381 g/mol. The van der Waals surface area contributed by atoms with Gasteiger partial charge in [-0.25, -0.2) is 4.98 Å². The molecule has 0 aliphatic heterocycles. The number of para-hydroxylation sites is 2. The van der Waals surface area contributed by atoms with E-state index in [-0.39, 0.29) is 11.4 Å². The molecule has 0 fully saturated rings. The molecule has 1 amide bonds. The summed E-state index contributed by atoms with van der Waals surface area (Å²) in [4.78, 5) is 17.3. The van der Waals surface area contributed by atoms with E-state index in [1.54, 1.807) is 14.0 Å². The number of methoxy groups -OCH3 is 1. The van der Waals surface area contributed by atoms with Crippen molar-refractivity contribution in [3.63, 3.8) is 0 Å². The lowest BCUT2D eigenvalue weighted by molar-refractivity contribution is -0.127. The van der Waals surface area contributed by atoms with E-state index in [1.807, 2.05) is 53.1 Å². The molecule has 1 atom stereocenters. The van der Waals surface area contributed by atoms with Crippen LogP contribution in [0.15, 0.2) is 48.5 Å². The predicted octanol–water partition coefficient (Wildman–Crippen LogP) is 4.34. The van der Waals surface area contributed by atoms with Gasteiger partial charge in [0.2, 0.25) is 5.95 Å².